The van der Waals surface area contributed by atoms with Crippen LogP contribution in [0.25, 0.3) is 22.3 Å². The molecule has 8 nitrogen and oxygen atoms in total. The minimum absolute atomic E-state index is 0.0929. The number of aromatic hydroxyl groups is 2. The molecule has 9 heteroatoms. The largest absolute Gasteiger partial charge is 0.508 e. The van der Waals surface area contributed by atoms with Crippen LogP contribution in [0.15, 0.2) is 51.7 Å². The van der Waals surface area contributed by atoms with E-state index in [1.54, 1.807) is 30.3 Å². The zero-order chi connectivity index (χ0) is 18.2. The van der Waals surface area contributed by atoms with Gasteiger partial charge in [-0.15, -0.1) is 0 Å². The predicted molar refractivity (Wildman–Crippen MR) is 88.8 cm³/mol. The van der Waals surface area contributed by atoms with Crippen LogP contribution in [0.4, 0.5) is 0 Å². The van der Waals surface area contributed by atoms with E-state index in [1.807, 2.05) is 0 Å². The number of hydrogen-bond donors (Lipinski definition) is 4. The van der Waals surface area contributed by atoms with Crippen molar-refractivity contribution in [1.29, 1.82) is 0 Å². The average molecular weight is 364 g/mol. The Bertz CT molecular complexity index is 1040. The highest BCUT2D eigenvalue weighted by Crippen LogP contribution is 2.39. The predicted octanol–water partition coefficient (Wildman–Crippen LogP) is 2.39. The molecular formula is C16H13O8P. The second-order valence-corrected chi connectivity index (χ2v) is 6.82. The highest BCUT2D eigenvalue weighted by atomic mass is 31.2. The highest BCUT2D eigenvalue weighted by molar-refractivity contribution is 7.51. The molecule has 4 N–H and O–H groups in total. The van der Waals surface area contributed by atoms with Crippen molar-refractivity contribution in [2.75, 3.05) is 6.35 Å². The summed E-state index contributed by atoms with van der Waals surface area (Å²) in [6, 6.07) is 10.5. The Morgan fingerprint density at radius 2 is 1.76 bits per heavy atom. The van der Waals surface area contributed by atoms with Gasteiger partial charge in [-0.25, -0.2) is 0 Å². The SMILES string of the molecule is O=c1c(O)c(-c2ccccc2)oc2cc(O)cc(OCP(=O)(O)O)c12. The Balaban J connectivity index is 2.23. The first kappa shape index (κ1) is 17.0. The molecule has 3 aromatic rings. The fourth-order valence-electron chi connectivity index (χ4n) is 2.31. The van der Waals surface area contributed by atoms with Gasteiger partial charge in [-0.05, 0) is 0 Å². The van der Waals surface area contributed by atoms with E-state index in [0.29, 0.717) is 5.56 Å². The number of phenols is 1. The van der Waals surface area contributed by atoms with Gasteiger partial charge in [-0.2, -0.15) is 0 Å². The van der Waals surface area contributed by atoms with Gasteiger partial charge in [0.2, 0.25) is 11.2 Å². The van der Waals surface area contributed by atoms with Crippen LogP contribution in [-0.4, -0.2) is 26.3 Å². The van der Waals surface area contributed by atoms with Gasteiger partial charge in [-0.3, -0.25) is 9.36 Å². The Hall–Kier alpha value is -2.80. The maximum Gasteiger partial charge on any atom is 0.362 e. The lowest BCUT2D eigenvalue weighted by Crippen LogP contribution is -2.06. The lowest BCUT2D eigenvalue weighted by atomic mass is 10.1. The summed E-state index contributed by atoms with van der Waals surface area (Å²) in [6.45, 7) is 0. The molecule has 0 aliphatic rings. The zero-order valence-electron chi connectivity index (χ0n) is 12.6. The van der Waals surface area contributed by atoms with Gasteiger partial charge in [0.15, 0.2) is 12.1 Å². The summed E-state index contributed by atoms with van der Waals surface area (Å²) >= 11 is 0. The Morgan fingerprint density at radius 3 is 2.40 bits per heavy atom. The Kier molecular flexibility index (Phi) is 4.26. The summed E-state index contributed by atoms with van der Waals surface area (Å²) in [4.78, 5) is 30.3. The molecule has 0 aliphatic heterocycles. The second-order valence-electron chi connectivity index (χ2n) is 5.23. The van der Waals surface area contributed by atoms with Crippen LogP contribution in [0.1, 0.15) is 0 Å². The summed E-state index contributed by atoms with van der Waals surface area (Å²) in [5, 5.41) is 19.7. The van der Waals surface area contributed by atoms with Crippen LogP contribution in [0.2, 0.25) is 0 Å². The quantitative estimate of drug-likeness (QED) is 0.518. The normalized spacial score (nSPS) is 11.6. The Labute approximate surface area is 140 Å². The fourth-order valence-corrected chi connectivity index (χ4v) is 2.62. The van der Waals surface area contributed by atoms with Crippen LogP contribution in [0.3, 0.4) is 0 Å². The standard InChI is InChI=1S/C16H13O8P/c17-10-6-11(23-8-25(20,21)22)13-12(7-10)24-16(15(19)14(13)18)9-4-2-1-3-5-9/h1-7,17,19H,8H2,(H2,20,21,22). The summed E-state index contributed by atoms with van der Waals surface area (Å²) in [6.07, 6.45) is -0.994. The van der Waals surface area contributed by atoms with E-state index >= 15 is 0 Å². The summed E-state index contributed by atoms with van der Waals surface area (Å²) < 4.78 is 21.5. The smallest absolute Gasteiger partial charge is 0.362 e. The third kappa shape index (κ3) is 3.51. The number of phenolic OH excluding ortho intramolecular Hbond substituents is 1. The van der Waals surface area contributed by atoms with Crippen molar-refractivity contribution in [3.8, 4) is 28.6 Å². The van der Waals surface area contributed by atoms with E-state index < -0.39 is 25.1 Å². The summed E-state index contributed by atoms with van der Waals surface area (Å²) in [7, 11) is -4.51. The molecule has 130 valence electrons. The summed E-state index contributed by atoms with van der Waals surface area (Å²) in [5.41, 5.74) is -0.497. The molecule has 0 aliphatic carbocycles. The monoisotopic (exact) mass is 364 g/mol. The first-order valence-corrected chi connectivity index (χ1v) is 8.81. The molecule has 0 fully saturated rings. The van der Waals surface area contributed by atoms with Crippen molar-refractivity contribution in [1.82, 2.24) is 0 Å². The van der Waals surface area contributed by atoms with Crippen LogP contribution in [0, 0.1) is 0 Å². The number of ether oxygens (including phenoxy) is 1. The molecule has 0 saturated heterocycles. The molecule has 1 heterocycles. The fraction of sp³-hybridized carbons (Fsp3) is 0.0625. The molecule has 25 heavy (non-hydrogen) atoms. The molecule has 0 atom stereocenters. The first-order chi connectivity index (χ1) is 11.8. The lowest BCUT2D eigenvalue weighted by Gasteiger charge is -2.12. The zero-order valence-corrected chi connectivity index (χ0v) is 13.5. The van der Waals surface area contributed by atoms with E-state index in [2.05, 4.69) is 0 Å². The number of benzene rings is 2. The molecule has 0 spiro atoms. The molecular weight excluding hydrogens is 351 g/mol. The van der Waals surface area contributed by atoms with Gasteiger partial charge >= 0.3 is 7.60 Å². The van der Waals surface area contributed by atoms with Crippen LogP contribution in [-0.2, 0) is 4.57 Å². The topological polar surface area (TPSA) is 137 Å². The molecule has 0 saturated carbocycles. The van der Waals surface area contributed by atoms with Gasteiger partial charge < -0.3 is 29.2 Å². The Morgan fingerprint density at radius 1 is 1.08 bits per heavy atom. The molecule has 3 rings (SSSR count). The maximum absolute atomic E-state index is 12.5. The van der Waals surface area contributed by atoms with Crippen LogP contribution >= 0.6 is 7.60 Å². The van der Waals surface area contributed by atoms with E-state index in [9.17, 15) is 19.6 Å². The van der Waals surface area contributed by atoms with E-state index in [-0.39, 0.29) is 28.2 Å². The van der Waals surface area contributed by atoms with Crippen LogP contribution in [0.5, 0.6) is 17.2 Å². The van der Waals surface area contributed by atoms with Crippen molar-refractivity contribution in [2.24, 2.45) is 0 Å². The van der Waals surface area contributed by atoms with Crippen molar-refractivity contribution in [3.63, 3.8) is 0 Å². The van der Waals surface area contributed by atoms with Gasteiger partial charge in [-0.1, -0.05) is 30.3 Å². The number of fused-ring (bicyclic) bond motifs is 1. The van der Waals surface area contributed by atoms with E-state index in [4.69, 9.17) is 18.9 Å². The van der Waals surface area contributed by atoms with E-state index in [1.165, 1.54) is 0 Å². The third-order valence-corrected chi connectivity index (χ3v) is 3.81. The van der Waals surface area contributed by atoms with Crippen molar-refractivity contribution in [2.45, 2.75) is 0 Å². The first-order valence-electron chi connectivity index (χ1n) is 7.02. The van der Waals surface area contributed by atoms with Crippen LogP contribution < -0.4 is 10.2 Å². The maximum atomic E-state index is 12.5. The highest BCUT2D eigenvalue weighted by Gasteiger charge is 2.21. The molecule has 0 unspecified atom stereocenters. The molecule has 0 amide bonds. The molecule has 1 aromatic heterocycles. The second kappa shape index (κ2) is 6.25. The molecule has 0 bridgehead atoms. The number of rotatable bonds is 4. The van der Waals surface area contributed by atoms with Gasteiger partial charge in [0, 0.05) is 17.7 Å². The molecule has 2 aromatic carbocycles. The minimum atomic E-state index is -4.51. The van der Waals surface area contributed by atoms with Gasteiger partial charge in [0.25, 0.3) is 0 Å². The van der Waals surface area contributed by atoms with E-state index in [0.717, 1.165) is 12.1 Å². The average Bonchev–Trinajstić information content (AvgIpc) is 2.55. The lowest BCUT2D eigenvalue weighted by molar-refractivity contribution is 0.301. The van der Waals surface area contributed by atoms with Crippen molar-refractivity contribution >= 4 is 18.6 Å². The minimum Gasteiger partial charge on any atom is -0.508 e. The van der Waals surface area contributed by atoms with Crippen molar-refractivity contribution < 1.29 is 33.7 Å². The van der Waals surface area contributed by atoms with Gasteiger partial charge in [0.1, 0.15) is 22.5 Å². The third-order valence-electron chi connectivity index (χ3n) is 3.34. The summed E-state index contributed by atoms with van der Waals surface area (Å²) in [5.74, 6) is -1.40. The van der Waals surface area contributed by atoms with Gasteiger partial charge in [0.05, 0.1) is 0 Å². The number of hydrogen-bond acceptors (Lipinski definition) is 6. The van der Waals surface area contributed by atoms with Crippen molar-refractivity contribution in [3.05, 3.63) is 52.7 Å². The molecule has 0 radical (unpaired) electrons.